The number of ether oxygens (including phenoxy) is 1. The zero-order chi connectivity index (χ0) is 11.3. The van der Waals surface area contributed by atoms with Gasteiger partial charge in [0.25, 0.3) is 0 Å². The molecule has 1 aliphatic heterocycles. The summed E-state index contributed by atoms with van der Waals surface area (Å²) in [7, 11) is 1.48. The number of methoxy groups -OCH3 is 1. The molecule has 1 heterocycles. The van der Waals surface area contributed by atoms with E-state index in [1.165, 1.54) is 20.0 Å². The van der Waals surface area contributed by atoms with Crippen LogP contribution < -0.4 is 0 Å². The average molecular weight is 213 g/mol. The standard InChI is InChI=1S/C12H23NO2/c1-4-6-11(12(14)15-3)13-8-5-7-10(2)9-13/h10-11H,4-9H2,1-3H3/t10-,11-/m1/s1. The second-order valence-corrected chi connectivity index (χ2v) is 4.57. The first-order chi connectivity index (χ1) is 7.19. The predicted octanol–water partition coefficient (Wildman–Crippen LogP) is 2.06. The number of rotatable bonds is 4. The van der Waals surface area contributed by atoms with Gasteiger partial charge in [0, 0.05) is 6.54 Å². The van der Waals surface area contributed by atoms with Gasteiger partial charge in [0.1, 0.15) is 6.04 Å². The molecule has 15 heavy (non-hydrogen) atoms. The molecule has 3 heteroatoms. The molecule has 1 aliphatic rings. The Bertz CT molecular complexity index is 206. The summed E-state index contributed by atoms with van der Waals surface area (Å²) in [6.45, 7) is 6.46. The summed E-state index contributed by atoms with van der Waals surface area (Å²) in [5.41, 5.74) is 0. The third-order valence-corrected chi connectivity index (χ3v) is 3.16. The van der Waals surface area contributed by atoms with Crippen molar-refractivity contribution in [3.8, 4) is 0 Å². The Morgan fingerprint density at radius 2 is 2.33 bits per heavy atom. The summed E-state index contributed by atoms with van der Waals surface area (Å²) >= 11 is 0. The van der Waals surface area contributed by atoms with Crippen LogP contribution in [0.25, 0.3) is 0 Å². The molecule has 1 saturated heterocycles. The molecular weight excluding hydrogens is 190 g/mol. The van der Waals surface area contributed by atoms with Gasteiger partial charge in [-0.05, 0) is 31.7 Å². The van der Waals surface area contributed by atoms with Crippen molar-refractivity contribution in [2.45, 2.75) is 45.6 Å². The van der Waals surface area contributed by atoms with E-state index in [9.17, 15) is 4.79 Å². The number of nitrogens with zero attached hydrogens (tertiary/aromatic N) is 1. The van der Waals surface area contributed by atoms with Gasteiger partial charge in [0.2, 0.25) is 0 Å². The molecule has 0 aromatic heterocycles. The number of hydrogen-bond acceptors (Lipinski definition) is 3. The molecule has 88 valence electrons. The van der Waals surface area contributed by atoms with Crippen molar-refractivity contribution >= 4 is 5.97 Å². The van der Waals surface area contributed by atoms with Crippen molar-refractivity contribution < 1.29 is 9.53 Å². The van der Waals surface area contributed by atoms with E-state index in [1.54, 1.807) is 0 Å². The SMILES string of the molecule is CCC[C@H](C(=O)OC)N1CCC[C@@H](C)C1. The fourth-order valence-electron chi connectivity index (χ4n) is 2.37. The largest absolute Gasteiger partial charge is 0.468 e. The minimum Gasteiger partial charge on any atom is -0.468 e. The second kappa shape index (κ2) is 6.11. The normalized spacial score (nSPS) is 24.9. The van der Waals surface area contributed by atoms with Gasteiger partial charge in [-0.3, -0.25) is 9.69 Å². The Morgan fingerprint density at radius 1 is 1.60 bits per heavy atom. The summed E-state index contributed by atoms with van der Waals surface area (Å²) in [6, 6.07) is -0.0113. The van der Waals surface area contributed by atoms with E-state index in [4.69, 9.17) is 4.74 Å². The van der Waals surface area contributed by atoms with Crippen molar-refractivity contribution in [1.29, 1.82) is 0 Å². The van der Waals surface area contributed by atoms with Gasteiger partial charge in [-0.25, -0.2) is 0 Å². The number of esters is 1. The van der Waals surface area contributed by atoms with Crippen LogP contribution in [-0.2, 0) is 9.53 Å². The summed E-state index contributed by atoms with van der Waals surface area (Å²) in [5.74, 6) is 0.647. The molecular formula is C12H23NO2. The van der Waals surface area contributed by atoms with Gasteiger partial charge in [0.15, 0.2) is 0 Å². The molecule has 2 atom stereocenters. The molecule has 0 unspecified atom stereocenters. The van der Waals surface area contributed by atoms with Crippen LogP contribution in [-0.4, -0.2) is 37.1 Å². The minimum atomic E-state index is -0.0639. The van der Waals surface area contributed by atoms with E-state index in [2.05, 4.69) is 18.7 Å². The third-order valence-electron chi connectivity index (χ3n) is 3.16. The highest BCUT2D eigenvalue weighted by molar-refractivity contribution is 5.75. The van der Waals surface area contributed by atoms with Crippen LogP contribution in [0.4, 0.5) is 0 Å². The fraction of sp³-hybridized carbons (Fsp3) is 0.917. The van der Waals surface area contributed by atoms with Gasteiger partial charge in [-0.1, -0.05) is 20.3 Å². The average Bonchev–Trinajstić information content (AvgIpc) is 2.25. The quantitative estimate of drug-likeness (QED) is 0.669. The minimum absolute atomic E-state index is 0.0113. The van der Waals surface area contributed by atoms with Crippen molar-refractivity contribution in [3.63, 3.8) is 0 Å². The molecule has 1 rings (SSSR count). The molecule has 0 saturated carbocycles. The van der Waals surface area contributed by atoms with Gasteiger partial charge in [-0.15, -0.1) is 0 Å². The van der Waals surface area contributed by atoms with Crippen LogP contribution in [0.5, 0.6) is 0 Å². The zero-order valence-corrected chi connectivity index (χ0v) is 10.2. The van der Waals surface area contributed by atoms with E-state index in [-0.39, 0.29) is 12.0 Å². The molecule has 0 aromatic carbocycles. The van der Waals surface area contributed by atoms with E-state index >= 15 is 0 Å². The Morgan fingerprint density at radius 3 is 2.87 bits per heavy atom. The van der Waals surface area contributed by atoms with Gasteiger partial charge < -0.3 is 4.74 Å². The molecule has 0 spiro atoms. The third kappa shape index (κ3) is 3.49. The van der Waals surface area contributed by atoms with E-state index in [1.807, 2.05) is 0 Å². The van der Waals surface area contributed by atoms with Crippen LogP contribution >= 0.6 is 0 Å². The first-order valence-corrected chi connectivity index (χ1v) is 6.01. The van der Waals surface area contributed by atoms with Crippen LogP contribution in [0.1, 0.15) is 39.5 Å². The molecule has 0 radical (unpaired) electrons. The Balaban J connectivity index is 2.57. The highest BCUT2D eigenvalue weighted by atomic mass is 16.5. The Kier molecular flexibility index (Phi) is 5.09. The molecule has 0 bridgehead atoms. The Hall–Kier alpha value is -0.570. The Labute approximate surface area is 92.8 Å². The molecule has 0 aromatic rings. The lowest BCUT2D eigenvalue weighted by molar-refractivity contribution is -0.148. The number of piperidine rings is 1. The fourth-order valence-corrected chi connectivity index (χ4v) is 2.37. The van der Waals surface area contributed by atoms with Gasteiger partial charge in [-0.2, -0.15) is 0 Å². The number of carbonyl (C=O) groups excluding carboxylic acids is 1. The lowest BCUT2D eigenvalue weighted by Crippen LogP contribution is -2.46. The highest BCUT2D eigenvalue weighted by Gasteiger charge is 2.28. The predicted molar refractivity (Wildman–Crippen MR) is 60.7 cm³/mol. The lowest BCUT2D eigenvalue weighted by atomic mass is 9.97. The van der Waals surface area contributed by atoms with Crippen LogP contribution in [0, 0.1) is 5.92 Å². The first kappa shape index (κ1) is 12.5. The smallest absolute Gasteiger partial charge is 0.323 e. The van der Waals surface area contributed by atoms with Crippen molar-refractivity contribution in [3.05, 3.63) is 0 Å². The molecule has 0 amide bonds. The van der Waals surface area contributed by atoms with Crippen LogP contribution in [0.15, 0.2) is 0 Å². The van der Waals surface area contributed by atoms with Crippen molar-refractivity contribution in [1.82, 2.24) is 4.90 Å². The van der Waals surface area contributed by atoms with E-state index < -0.39 is 0 Å². The molecule has 3 nitrogen and oxygen atoms in total. The number of hydrogen-bond donors (Lipinski definition) is 0. The van der Waals surface area contributed by atoms with Crippen molar-refractivity contribution in [2.24, 2.45) is 5.92 Å². The van der Waals surface area contributed by atoms with Crippen LogP contribution in [0.2, 0.25) is 0 Å². The van der Waals surface area contributed by atoms with Gasteiger partial charge in [0.05, 0.1) is 7.11 Å². The highest BCUT2D eigenvalue weighted by Crippen LogP contribution is 2.20. The number of likely N-dealkylation sites (tertiary alicyclic amines) is 1. The van der Waals surface area contributed by atoms with Gasteiger partial charge >= 0.3 is 5.97 Å². The molecule has 1 fully saturated rings. The molecule has 0 N–H and O–H groups in total. The second-order valence-electron chi connectivity index (χ2n) is 4.57. The zero-order valence-electron chi connectivity index (χ0n) is 10.2. The van der Waals surface area contributed by atoms with E-state index in [0.29, 0.717) is 5.92 Å². The maximum absolute atomic E-state index is 11.6. The van der Waals surface area contributed by atoms with Crippen LogP contribution in [0.3, 0.4) is 0 Å². The lowest BCUT2D eigenvalue weighted by Gasteiger charge is -2.35. The maximum Gasteiger partial charge on any atom is 0.323 e. The number of carbonyl (C=O) groups is 1. The maximum atomic E-state index is 11.6. The monoisotopic (exact) mass is 213 g/mol. The van der Waals surface area contributed by atoms with Crippen molar-refractivity contribution in [2.75, 3.05) is 20.2 Å². The summed E-state index contributed by atoms with van der Waals surface area (Å²) < 4.78 is 4.87. The molecule has 0 aliphatic carbocycles. The summed E-state index contributed by atoms with van der Waals surface area (Å²) in [6.07, 6.45) is 4.44. The summed E-state index contributed by atoms with van der Waals surface area (Å²) in [5, 5.41) is 0. The summed E-state index contributed by atoms with van der Waals surface area (Å²) in [4.78, 5) is 13.9. The first-order valence-electron chi connectivity index (χ1n) is 6.01. The topological polar surface area (TPSA) is 29.5 Å². The van der Waals surface area contributed by atoms with E-state index in [0.717, 1.165) is 25.9 Å².